The zero-order chi connectivity index (χ0) is 22.3. The van der Waals surface area contributed by atoms with E-state index in [-0.39, 0.29) is 24.2 Å². The molecule has 0 saturated heterocycles. The predicted octanol–water partition coefficient (Wildman–Crippen LogP) is 4.68. The molecule has 3 aromatic heterocycles. The zero-order valence-corrected chi connectivity index (χ0v) is 19.1. The van der Waals surface area contributed by atoms with Crippen molar-refractivity contribution in [3.05, 3.63) is 81.2 Å². The Kier molecular flexibility index (Phi) is 5.35. The SMILES string of the molecule is CC1(C(=O)NCc2ccc(F)cc2)Cn2c(cc3ccsc32)C(=O)N1CCc1cccs1. The number of carbonyl (C=O) groups is 2. The van der Waals surface area contributed by atoms with Crippen LogP contribution in [0.3, 0.4) is 0 Å². The molecule has 5 nitrogen and oxygen atoms in total. The van der Waals surface area contributed by atoms with Crippen LogP contribution in [-0.2, 0) is 24.3 Å². The second-order valence-electron chi connectivity index (χ2n) is 8.17. The second kappa shape index (κ2) is 8.18. The fraction of sp³-hybridized carbons (Fsp3) is 0.250. The van der Waals surface area contributed by atoms with Gasteiger partial charge in [-0.15, -0.1) is 22.7 Å². The maximum Gasteiger partial charge on any atom is 0.271 e. The Bertz CT molecular complexity index is 1280. The molecule has 32 heavy (non-hydrogen) atoms. The van der Waals surface area contributed by atoms with E-state index in [2.05, 4.69) is 5.32 Å². The van der Waals surface area contributed by atoms with Crippen molar-refractivity contribution >= 4 is 44.7 Å². The topological polar surface area (TPSA) is 54.3 Å². The van der Waals surface area contributed by atoms with Crippen LogP contribution in [0, 0.1) is 5.82 Å². The smallest absolute Gasteiger partial charge is 0.271 e. The number of nitrogens with zero attached hydrogens (tertiary/aromatic N) is 2. The molecule has 1 aliphatic heterocycles. The first-order valence-corrected chi connectivity index (χ1v) is 12.2. The first kappa shape index (κ1) is 20.9. The van der Waals surface area contributed by atoms with E-state index in [1.165, 1.54) is 17.0 Å². The Morgan fingerprint density at radius 2 is 1.97 bits per heavy atom. The Balaban J connectivity index is 1.45. The van der Waals surface area contributed by atoms with Gasteiger partial charge in [-0.25, -0.2) is 4.39 Å². The molecule has 1 atom stereocenters. The van der Waals surface area contributed by atoms with E-state index < -0.39 is 5.54 Å². The number of thiophene rings is 2. The number of halogens is 1. The number of nitrogens with one attached hydrogen (secondary N) is 1. The lowest BCUT2D eigenvalue weighted by molar-refractivity contribution is -0.133. The van der Waals surface area contributed by atoms with Crippen LogP contribution < -0.4 is 5.32 Å². The minimum absolute atomic E-state index is 0.129. The summed E-state index contributed by atoms with van der Waals surface area (Å²) in [6.07, 6.45) is 0.694. The van der Waals surface area contributed by atoms with Gasteiger partial charge in [0.05, 0.1) is 6.54 Å². The van der Waals surface area contributed by atoms with Gasteiger partial charge in [0.25, 0.3) is 5.91 Å². The quantitative estimate of drug-likeness (QED) is 0.448. The van der Waals surface area contributed by atoms with Crippen LogP contribution in [0.15, 0.2) is 59.3 Å². The highest BCUT2D eigenvalue weighted by Gasteiger charge is 2.47. The summed E-state index contributed by atoms with van der Waals surface area (Å²) in [5.41, 5.74) is 0.386. The minimum Gasteiger partial charge on any atom is -0.350 e. The maximum atomic E-state index is 13.6. The van der Waals surface area contributed by atoms with Crippen molar-refractivity contribution < 1.29 is 14.0 Å². The van der Waals surface area contributed by atoms with Crippen LogP contribution in [0.2, 0.25) is 0 Å². The first-order valence-electron chi connectivity index (χ1n) is 10.4. The Morgan fingerprint density at radius 3 is 2.72 bits per heavy atom. The molecule has 1 N–H and O–H groups in total. The molecule has 1 aliphatic rings. The molecule has 0 saturated carbocycles. The lowest BCUT2D eigenvalue weighted by Gasteiger charge is -2.44. The summed E-state index contributed by atoms with van der Waals surface area (Å²) in [4.78, 5) is 31.0. The minimum atomic E-state index is -1.04. The molecule has 4 aromatic rings. The third-order valence-electron chi connectivity index (χ3n) is 6.05. The zero-order valence-electron chi connectivity index (χ0n) is 17.5. The second-order valence-corrected chi connectivity index (χ2v) is 10.1. The highest BCUT2D eigenvalue weighted by Crippen LogP contribution is 2.34. The van der Waals surface area contributed by atoms with Gasteiger partial charge in [-0.3, -0.25) is 9.59 Å². The molecule has 164 valence electrons. The van der Waals surface area contributed by atoms with Crippen molar-refractivity contribution in [1.82, 2.24) is 14.8 Å². The van der Waals surface area contributed by atoms with E-state index >= 15 is 0 Å². The summed E-state index contributed by atoms with van der Waals surface area (Å²) in [7, 11) is 0. The van der Waals surface area contributed by atoms with Crippen LogP contribution >= 0.6 is 22.7 Å². The van der Waals surface area contributed by atoms with Crippen molar-refractivity contribution in [1.29, 1.82) is 0 Å². The first-order chi connectivity index (χ1) is 15.5. The summed E-state index contributed by atoms with van der Waals surface area (Å²) >= 11 is 3.22. The number of hydrogen-bond donors (Lipinski definition) is 1. The van der Waals surface area contributed by atoms with Crippen molar-refractivity contribution in [3.63, 3.8) is 0 Å². The number of hydrogen-bond acceptors (Lipinski definition) is 4. The van der Waals surface area contributed by atoms with Crippen molar-refractivity contribution in [3.8, 4) is 0 Å². The molecule has 0 spiro atoms. The molecule has 0 fully saturated rings. The van der Waals surface area contributed by atoms with E-state index in [4.69, 9.17) is 0 Å². The molecule has 0 aliphatic carbocycles. The van der Waals surface area contributed by atoms with Crippen molar-refractivity contribution in [2.24, 2.45) is 0 Å². The molecule has 1 unspecified atom stereocenters. The molecule has 4 heterocycles. The van der Waals surface area contributed by atoms with E-state index in [0.29, 0.717) is 25.2 Å². The Hall–Kier alpha value is -2.97. The number of aromatic nitrogens is 1. The monoisotopic (exact) mass is 467 g/mol. The summed E-state index contributed by atoms with van der Waals surface area (Å²) in [6.45, 7) is 2.95. The standard InChI is InChI=1S/C24H22FN3O2S2/c1-24(23(30)26-14-16-4-6-18(25)7-5-16)15-27-20(13-17-9-12-32-22(17)27)21(29)28(24)10-8-19-3-2-11-31-19/h2-7,9,11-13H,8,10,14-15H2,1H3,(H,26,30). The van der Waals surface area contributed by atoms with Gasteiger partial charge in [0.15, 0.2) is 0 Å². The van der Waals surface area contributed by atoms with Gasteiger partial charge in [-0.1, -0.05) is 18.2 Å². The molecule has 8 heteroatoms. The van der Waals surface area contributed by atoms with Gasteiger partial charge in [0.2, 0.25) is 5.91 Å². The van der Waals surface area contributed by atoms with E-state index in [1.54, 1.807) is 39.7 Å². The van der Waals surface area contributed by atoms with E-state index in [9.17, 15) is 14.0 Å². The largest absolute Gasteiger partial charge is 0.350 e. The lowest BCUT2D eigenvalue weighted by Crippen LogP contribution is -2.64. The Morgan fingerprint density at radius 1 is 1.16 bits per heavy atom. The van der Waals surface area contributed by atoms with Gasteiger partial charge in [-0.2, -0.15) is 0 Å². The lowest BCUT2D eigenvalue weighted by atomic mass is 9.94. The van der Waals surface area contributed by atoms with Gasteiger partial charge in [-0.05, 0) is 60.0 Å². The van der Waals surface area contributed by atoms with E-state index in [0.717, 1.165) is 15.8 Å². The van der Waals surface area contributed by atoms with Crippen LogP contribution in [0.1, 0.15) is 27.9 Å². The highest BCUT2D eigenvalue weighted by atomic mass is 32.1. The third-order valence-corrected chi connectivity index (χ3v) is 7.93. The molecule has 1 aromatic carbocycles. The van der Waals surface area contributed by atoms with Crippen molar-refractivity contribution in [2.45, 2.75) is 32.0 Å². The van der Waals surface area contributed by atoms with Crippen molar-refractivity contribution in [2.75, 3.05) is 6.54 Å². The molecular weight excluding hydrogens is 445 g/mol. The highest BCUT2D eigenvalue weighted by molar-refractivity contribution is 7.16. The summed E-state index contributed by atoms with van der Waals surface area (Å²) in [5.74, 6) is -0.661. The fourth-order valence-electron chi connectivity index (χ4n) is 4.26. The number of rotatable bonds is 6. The van der Waals surface area contributed by atoms with E-state index in [1.807, 2.05) is 46.5 Å². The third kappa shape index (κ3) is 3.63. The normalized spacial score (nSPS) is 18.2. The Labute approximate surface area is 193 Å². The molecule has 0 radical (unpaired) electrons. The molecule has 0 bridgehead atoms. The average Bonchev–Trinajstić information content (AvgIpc) is 3.52. The number of fused-ring (bicyclic) bond motifs is 3. The van der Waals surface area contributed by atoms with Crippen LogP contribution in [0.5, 0.6) is 0 Å². The molecule has 5 rings (SSSR count). The van der Waals surface area contributed by atoms with Crippen LogP contribution in [-0.4, -0.2) is 33.4 Å². The fourth-order valence-corrected chi connectivity index (χ4v) is 5.85. The average molecular weight is 468 g/mol. The summed E-state index contributed by atoms with van der Waals surface area (Å²) in [6, 6.07) is 14.0. The molecule has 2 amide bonds. The summed E-state index contributed by atoms with van der Waals surface area (Å²) in [5, 5.41) is 8.01. The van der Waals surface area contributed by atoms with Crippen LogP contribution in [0.4, 0.5) is 4.39 Å². The van der Waals surface area contributed by atoms with Gasteiger partial charge in [0.1, 0.15) is 21.9 Å². The maximum absolute atomic E-state index is 13.6. The van der Waals surface area contributed by atoms with Gasteiger partial charge in [0, 0.05) is 23.4 Å². The van der Waals surface area contributed by atoms with Gasteiger partial charge >= 0.3 is 0 Å². The number of carbonyl (C=O) groups excluding carboxylic acids is 2. The van der Waals surface area contributed by atoms with Crippen LogP contribution in [0.25, 0.3) is 10.2 Å². The van der Waals surface area contributed by atoms with Gasteiger partial charge < -0.3 is 14.8 Å². The number of benzene rings is 1. The number of amides is 2. The predicted molar refractivity (Wildman–Crippen MR) is 126 cm³/mol. The summed E-state index contributed by atoms with van der Waals surface area (Å²) < 4.78 is 15.2. The molecular formula is C24H22FN3O2S2.